The van der Waals surface area contributed by atoms with Crippen molar-refractivity contribution in [3.05, 3.63) is 23.5 Å². The predicted octanol–water partition coefficient (Wildman–Crippen LogP) is 3.15. The van der Waals surface area contributed by atoms with E-state index < -0.39 is 0 Å². The summed E-state index contributed by atoms with van der Waals surface area (Å²) in [5.74, 6) is 2.28. The highest BCUT2D eigenvalue weighted by Gasteiger charge is 2.21. The number of rotatable bonds is 4. The number of pyridine rings is 1. The van der Waals surface area contributed by atoms with Gasteiger partial charge in [0.15, 0.2) is 5.65 Å². The first-order chi connectivity index (χ1) is 9.31. The molecule has 0 atom stereocenters. The Kier molecular flexibility index (Phi) is 3.88. The molecular formula is C13H18N4S2. The Morgan fingerprint density at radius 1 is 1.32 bits per heavy atom. The molecule has 2 aromatic heterocycles. The van der Waals surface area contributed by atoms with Crippen molar-refractivity contribution in [3.8, 4) is 0 Å². The zero-order chi connectivity index (χ0) is 13.2. The molecule has 3 rings (SSSR count). The first kappa shape index (κ1) is 13.1. The zero-order valence-electron chi connectivity index (χ0n) is 11.3. The maximum atomic E-state index is 4.42. The summed E-state index contributed by atoms with van der Waals surface area (Å²) in [6.07, 6.45) is 6.34. The average Bonchev–Trinajstić information content (AvgIpc) is 3.06. The minimum absolute atomic E-state index is 0.956. The second kappa shape index (κ2) is 5.63. The lowest BCUT2D eigenvalue weighted by Gasteiger charge is -2.23. The highest BCUT2D eigenvalue weighted by atomic mass is 33.1. The van der Waals surface area contributed by atoms with Crippen molar-refractivity contribution in [2.24, 2.45) is 0 Å². The van der Waals surface area contributed by atoms with E-state index in [4.69, 9.17) is 0 Å². The molecule has 3 heterocycles. The third kappa shape index (κ3) is 2.43. The van der Waals surface area contributed by atoms with Crippen LogP contribution in [-0.2, 0) is 5.75 Å². The first-order valence-electron chi connectivity index (χ1n) is 6.54. The molecule has 0 unspecified atom stereocenters. The number of hydrogen-bond acceptors (Lipinski definition) is 5. The Bertz CT molecular complexity index is 575. The Labute approximate surface area is 121 Å². The van der Waals surface area contributed by atoms with Gasteiger partial charge in [-0.15, -0.1) is 0 Å². The van der Waals surface area contributed by atoms with E-state index in [1.807, 2.05) is 26.1 Å². The summed E-state index contributed by atoms with van der Waals surface area (Å²) >= 11 is 0. The lowest BCUT2D eigenvalue weighted by atomic mass is 10.1. The van der Waals surface area contributed by atoms with Crippen molar-refractivity contribution in [2.75, 3.05) is 24.2 Å². The van der Waals surface area contributed by atoms with Gasteiger partial charge in [-0.1, -0.05) is 21.6 Å². The molecule has 1 saturated heterocycles. The van der Waals surface area contributed by atoms with Gasteiger partial charge in [0.2, 0.25) is 0 Å². The molecule has 1 aliphatic heterocycles. The first-order valence-corrected chi connectivity index (χ1v) is 9.26. The van der Waals surface area contributed by atoms with Gasteiger partial charge in [0, 0.05) is 24.4 Å². The van der Waals surface area contributed by atoms with Crippen LogP contribution in [0.3, 0.4) is 0 Å². The SMILES string of the molecule is CSSCc1c(C)cc2ncnn2c1N1CCCC1. The Hall–Kier alpha value is -0.880. The molecular weight excluding hydrogens is 276 g/mol. The van der Waals surface area contributed by atoms with Crippen molar-refractivity contribution in [1.29, 1.82) is 0 Å². The average molecular weight is 294 g/mol. The van der Waals surface area contributed by atoms with Gasteiger partial charge in [-0.25, -0.2) is 4.98 Å². The van der Waals surface area contributed by atoms with Crippen LogP contribution in [0.4, 0.5) is 5.82 Å². The summed E-state index contributed by atoms with van der Waals surface area (Å²) in [7, 11) is 3.70. The lowest BCUT2D eigenvalue weighted by Crippen LogP contribution is -2.23. The van der Waals surface area contributed by atoms with Gasteiger partial charge in [-0.2, -0.15) is 9.61 Å². The number of nitrogens with zero attached hydrogens (tertiary/aromatic N) is 4. The van der Waals surface area contributed by atoms with E-state index >= 15 is 0 Å². The van der Waals surface area contributed by atoms with E-state index in [9.17, 15) is 0 Å². The molecule has 1 aliphatic rings. The topological polar surface area (TPSA) is 33.4 Å². The van der Waals surface area contributed by atoms with Crippen molar-refractivity contribution in [2.45, 2.75) is 25.5 Å². The minimum Gasteiger partial charge on any atom is -0.356 e. The fourth-order valence-electron chi connectivity index (χ4n) is 2.65. The predicted molar refractivity (Wildman–Crippen MR) is 84.0 cm³/mol. The Morgan fingerprint density at radius 3 is 2.84 bits per heavy atom. The second-order valence-electron chi connectivity index (χ2n) is 4.78. The Balaban J connectivity index is 2.13. The molecule has 0 N–H and O–H groups in total. The molecule has 0 aliphatic carbocycles. The lowest BCUT2D eigenvalue weighted by molar-refractivity contribution is 0.848. The third-order valence-electron chi connectivity index (χ3n) is 3.59. The quantitative estimate of drug-likeness (QED) is 0.809. The van der Waals surface area contributed by atoms with Crippen LogP contribution in [0.2, 0.25) is 0 Å². The maximum Gasteiger partial charge on any atom is 0.157 e. The number of hydrogen-bond donors (Lipinski definition) is 0. The highest BCUT2D eigenvalue weighted by Crippen LogP contribution is 2.33. The monoisotopic (exact) mass is 294 g/mol. The molecule has 102 valence electrons. The molecule has 19 heavy (non-hydrogen) atoms. The molecule has 4 nitrogen and oxygen atoms in total. The standard InChI is InChI=1S/C13H18N4S2/c1-10-7-12-14-9-15-17(12)13(11(10)8-19-18-2)16-5-3-4-6-16/h7,9H,3-6,8H2,1-2H3. The van der Waals surface area contributed by atoms with Crippen LogP contribution in [0.15, 0.2) is 12.4 Å². The summed E-state index contributed by atoms with van der Waals surface area (Å²) in [6.45, 7) is 4.45. The van der Waals surface area contributed by atoms with Crippen molar-refractivity contribution in [3.63, 3.8) is 0 Å². The van der Waals surface area contributed by atoms with E-state index in [2.05, 4.69) is 34.2 Å². The van der Waals surface area contributed by atoms with Gasteiger partial charge in [-0.3, -0.25) is 0 Å². The molecule has 6 heteroatoms. The third-order valence-corrected chi connectivity index (χ3v) is 5.30. The Morgan fingerprint density at radius 2 is 2.11 bits per heavy atom. The van der Waals surface area contributed by atoms with E-state index in [0.29, 0.717) is 0 Å². The summed E-state index contributed by atoms with van der Waals surface area (Å²) in [4.78, 5) is 6.81. The van der Waals surface area contributed by atoms with Crippen LogP contribution in [0, 0.1) is 6.92 Å². The number of aryl methyl sites for hydroxylation is 1. The largest absolute Gasteiger partial charge is 0.356 e. The molecule has 0 radical (unpaired) electrons. The molecule has 0 amide bonds. The van der Waals surface area contributed by atoms with Crippen molar-refractivity contribution in [1.82, 2.24) is 14.6 Å². The smallest absolute Gasteiger partial charge is 0.157 e. The van der Waals surface area contributed by atoms with Crippen LogP contribution in [-0.4, -0.2) is 33.9 Å². The molecule has 0 bridgehead atoms. The van der Waals surface area contributed by atoms with Gasteiger partial charge in [0.1, 0.15) is 12.1 Å². The summed E-state index contributed by atoms with van der Waals surface area (Å²) in [5.41, 5.74) is 3.68. The van der Waals surface area contributed by atoms with E-state index in [1.54, 1.807) is 6.33 Å². The second-order valence-corrected chi connectivity index (χ2v) is 7.35. The van der Waals surface area contributed by atoms with E-state index in [0.717, 1.165) is 24.5 Å². The number of fused-ring (bicyclic) bond motifs is 1. The normalized spacial score (nSPS) is 15.6. The van der Waals surface area contributed by atoms with Crippen LogP contribution in [0.5, 0.6) is 0 Å². The van der Waals surface area contributed by atoms with Crippen LogP contribution in [0.1, 0.15) is 24.0 Å². The van der Waals surface area contributed by atoms with E-state index in [-0.39, 0.29) is 0 Å². The number of anilines is 1. The van der Waals surface area contributed by atoms with Crippen LogP contribution < -0.4 is 4.90 Å². The molecule has 0 aromatic carbocycles. The van der Waals surface area contributed by atoms with Crippen LogP contribution >= 0.6 is 21.6 Å². The summed E-state index contributed by atoms with van der Waals surface area (Å²) in [6, 6.07) is 2.14. The van der Waals surface area contributed by atoms with Gasteiger partial charge in [0.25, 0.3) is 0 Å². The number of aromatic nitrogens is 3. The summed E-state index contributed by atoms with van der Waals surface area (Å²) in [5, 5.41) is 4.42. The molecule has 0 saturated carbocycles. The van der Waals surface area contributed by atoms with Gasteiger partial charge in [0.05, 0.1) is 0 Å². The van der Waals surface area contributed by atoms with Crippen LogP contribution in [0.25, 0.3) is 5.65 Å². The fourth-order valence-corrected chi connectivity index (χ4v) is 3.95. The van der Waals surface area contributed by atoms with Crippen molar-refractivity contribution >= 4 is 33.1 Å². The van der Waals surface area contributed by atoms with Gasteiger partial charge >= 0.3 is 0 Å². The molecule has 0 spiro atoms. The minimum atomic E-state index is 0.956. The molecule has 2 aromatic rings. The van der Waals surface area contributed by atoms with Gasteiger partial charge < -0.3 is 4.90 Å². The fraction of sp³-hybridized carbons (Fsp3) is 0.538. The highest BCUT2D eigenvalue weighted by molar-refractivity contribution is 8.76. The molecule has 1 fully saturated rings. The van der Waals surface area contributed by atoms with Gasteiger partial charge in [-0.05, 0) is 37.7 Å². The van der Waals surface area contributed by atoms with E-state index in [1.165, 1.54) is 29.8 Å². The maximum absolute atomic E-state index is 4.42. The van der Waals surface area contributed by atoms with Crippen molar-refractivity contribution < 1.29 is 0 Å². The zero-order valence-corrected chi connectivity index (χ0v) is 12.9. The summed E-state index contributed by atoms with van der Waals surface area (Å²) < 4.78 is 2.01.